The smallest absolute Gasteiger partial charge is 0.306 e. The van der Waals surface area contributed by atoms with Crippen molar-refractivity contribution in [2.45, 2.75) is 45.4 Å². The second-order valence-electron chi connectivity index (χ2n) is 7.76. The molecule has 1 aliphatic carbocycles. The molecule has 3 rings (SSSR count). The van der Waals surface area contributed by atoms with Crippen molar-refractivity contribution in [3.05, 3.63) is 34.9 Å². The summed E-state index contributed by atoms with van der Waals surface area (Å²) in [7, 11) is 0. The fraction of sp³-hybridized carbons (Fsp3) is 0.600. The number of amides is 1. The summed E-state index contributed by atoms with van der Waals surface area (Å²) in [6.45, 7) is 3.04. The highest BCUT2D eigenvalue weighted by Crippen LogP contribution is 2.43. The number of rotatable bonds is 4. The molecule has 1 saturated carbocycles. The highest BCUT2D eigenvalue weighted by Gasteiger charge is 2.45. The number of aliphatic carboxylic acids is 1. The number of hydrogen-bond acceptors (Lipinski definition) is 2. The molecule has 136 valence electrons. The first-order valence-corrected chi connectivity index (χ1v) is 9.56. The van der Waals surface area contributed by atoms with Crippen LogP contribution in [-0.4, -0.2) is 35.0 Å². The van der Waals surface area contributed by atoms with E-state index in [2.05, 4.69) is 0 Å². The van der Waals surface area contributed by atoms with Crippen LogP contribution in [0.1, 0.15) is 44.6 Å². The van der Waals surface area contributed by atoms with Gasteiger partial charge in [0.2, 0.25) is 5.91 Å². The number of halogens is 1. The molecule has 0 radical (unpaired) electrons. The van der Waals surface area contributed by atoms with E-state index in [1.165, 1.54) is 0 Å². The first kappa shape index (κ1) is 18.2. The molecule has 25 heavy (non-hydrogen) atoms. The van der Waals surface area contributed by atoms with Crippen LogP contribution in [0, 0.1) is 17.3 Å². The van der Waals surface area contributed by atoms with Crippen LogP contribution in [0.2, 0.25) is 5.02 Å². The average Bonchev–Trinajstić information content (AvgIpc) is 3.03. The molecule has 5 heteroatoms. The fourth-order valence-corrected chi connectivity index (χ4v) is 4.80. The van der Waals surface area contributed by atoms with E-state index in [1.807, 2.05) is 36.1 Å². The average molecular weight is 364 g/mol. The maximum atomic E-state index is 13.4. The molecule has 2 atom stereocenters. The Balaban J connectivity index is 1.76. The summed E-state index contributed by atoms with van der Waals surface area (Å²) >= 11 is 6.12. The molecule has 0 bridgehead atoms. The minimum absolute atomic E-state index is 0.000164. The number of benzene rings is 1. The minimum Gasteiger partial charge on any atom is -0.481 e. The highest BCUT2D eigenvalue weighted by molar-refractivity contribution is 6.30. The topological polar surface area (TPSA) is 57.6 Å². The zero-order valence-corrected chi connectivity index (χ0v) is 15.5. The van der Waals surface area contributed by atoms with Gasteiger partial charge in [-0.3, -0.25) is 9.59 Å². The van der Waals surface area contributed by atoms with Crippen molar-refractivity contribution in [1.82, 2.24) is 4.90 Å². The van der Waals surface area contributed by atoms with E-state index in [1.54, 1.807) is 0 Å². The lowest BCUT2D eigenvalue weighted by Gasteiger charge is -2.40. The standard InChI is InChI=1S/C20H26ClNO3/c1-14-13-22(10-7-17(14)18(23)24)19(25)20(8-2-3-9-20)12-15-5-4-6-16(21)11-15/h4-6,11,14,17H,2-3,7-10,12-13H2,1H3,(H,23,24). The molecule has 1 N–H and O–H groups in total. The monoisotopic (exact) mass is 363 g/mol. The van der Waals surface area contributed by atoms with Crippen molar-refractivity contribution in [2.75, 3.05) is 13.1 Å². The number of carbonyl (C=O) groups is 2. The van der Waals surface area contributed by atoms with Crippen LogP contribution in [0.3, 0.4) is 0 Å². The predicted molar refractivity (Wildman–Crippen MR) is 97.5 cm³/mol. The molecule has 1 aliphatic heterocycles. The molecule has 2 fully saturated rings. The summed E-state index contributed by atoms with van der Waals surface area (Å²) in [5.41, 5.74) is 0.761. The van der Waals surface area contributed by atoms with E-state index in [9.17, 15) is 14.7 Å². The lowest BCUT2D eigenvalue weighted by Crippen LogP contribution is -2.50. The molecule has 2 aliphatic rings. The van der Waals surface area contributed by atoms with E-state index in [-0.39, 0.29) is 23.2 Å². The van der Waals surface area contributed by atoms with Gasteiger partial charge in [-0.15, -0.1) is 0 Å². The van der Waals surface area contributed by atoms with Gasteiger partial charge in [0.15, 0.2) is 0 Å². The first-order chi connectivity index (χ1) is 11.9. The van der Waals surface area contributed by atoms with Crippen molar-refractivity contribution in [3.8, 4) is 0 Å². The van der Waals surface area contributed by atoms with Crippen LogP contribution in [0.15, 0.2) is 24.3 Å². The van der Waals surface area contributed by atoms with E-state index in [4.69, 9.17) is 11.6 Å². The Bertz CT molecular complexity index is 654. The van der Waals surface area contributed by atoms with Crippen molar-refractivity contribution in [1.29, 1.82) is 0 Å². The van der Waals surface area contributed by atoms with Crippen LogP contribution in [0.4, 0.5) is 0 Å². The number of carbonyl (C=O) groups excluding carboxylic acids is 1. The van der Waals surface area contributed by atoms with Crippen LogP contribution >= 0.6 is 11.6 Å². The van der Waals surface area contributed by atoms with E-state index in [0.29, 0.717) is 24.5 Å². The highest BCUT2D eigenvalue weighted by atomic mass is 35.5. The summed E-state index contributed by atoms with van der Waals surface area (Å²) in [4.78, 5) is 26.6. The number of likely N-dealkylation sites (tertiary alicyclic amines) is 1. The Hall–Kier alpha value is -1.55. The number of hydrogen-bond donors (Lipinski definition) is 1. The van der Waals surface area contributed by atoms with Gasteiger partial charge in [-0.25, -0.2) is 0 Å². The molecule has 1 heterocycles. The molecule has 1 aromatic carbocycles. The van der Waals surface area contributed by atoms with E-state index < -0.39 is 5.97 Å². The van der Waals surface area contributed by atoms with Crippen molar-refractivity contribution < 1.29 is 14.7 Å². The van der Waals surface area contributed by atoms with Gasteiger partial charge in [0.1, 0.15) is 0 Å². The Labute approximate surface area is 154 Å². The lowest BCUT2D eigenvalue weighted by molar-refractivity contribution is -0.152. The molecular formula is C20H26ClNO3. The molecule has 4 nitrogen and oxygen atoms in total. The normalized spacial score (nSPS) is 25.8. The molecular weight excluding hydrogens is 338 g/mol. The number of nitrogens with zero attached hydrogens (tertiary/aromatic N) is 1. The molecule has 0 aromatic heterocycles. The van der Waals surface area contributed by atoms with Gasteiger partial charge in [0.05, 0.1) is 11.3 Å². The van der Waals surface area contributed by atoms with Gasteiger partial charge >= 0.3 is 5.97 Å². The van der Waals surface area contributed by atoms with E-state index in [0.717, 1.165) is 37.7 Å². The predicted octanol–water partition coefficient (Wildman–Crippen LogP) is 4.01. The summed E-state index contributed by atoms with van der Waals surface area (Å²) in [5, 5.41) is 10.0. The third-order valence-corrected chi connectivity index (χ3v) is 6.19. The van der Waals surface area contributed by atoms with Crippen LogP contribution in [-0.2, 0) is 16.0 Å². The summed E-state index contributed by atoms with van der Waals surface area (Å²) < 4.78 is 0. The fourth-order valence-electron chi connectivity index (χ4n) is 4.59. The van der Waals surface area contributed by atoms with Crippen molar-refractivity contribution in [3.63, 3.8) is 0 Å². The molecule has 2 unspecified atom stereocenters. The van der Waals surface area contributed by atoms with Gasteiger partial charge in [0, 0.05) is 18.1 Å². The third-order valence-electron chi connectivity index (χ3n) is 5.96. The van der Waals surface area contributed by atoms with E-state index >= 15 is 0 Å². The molecule has 0 spiro atoms. The van der Waals surface area contributed by atoms with Crippen LogP contribution < -0.4 is 0 Å². The maximum absolute atomic E-state index is 13.4. The summed E-state index contributed by atoms with van der Waals surface area (Å²) in [6, 6.07) is 7.78. The number of carboxylic acids is 1. The maximum Gasteiger partial charge on any atom is 0.306 e. The largest absolute Gasteiger partial charge is 0.481 e. The van der Waals surface area contributed by atoms with Crippen molar-refractivity contribution in [2.24, 2.45) is 17.3 Å². The van der Waals surface area contributed by atoms with Gasteiger partial charge in [0.25, 0.3) is 0 Å². The second-order valence-corrected chi connectivity index (χ2v) is 8.19. The molecule has 1 amide bonds. The number of carboxylic acid groups (broad SMARTS) is 1. The minimum atomic E-state index is -0.742. The SMILES string of the molecule is CC1CN(C(=O)C2(Cc3cccc(Cl)c3)CCCC2)CCC1C(=O)O. The Morgan fingerprint density at radius 2 is 2.04 bits per heavy atom. The van der Waals surface area contributed by atoms with Crippen LogP contribution in [0.25, 0.3) is 0 Å². The first-order valence-electron chi connectivity index (χ1n) is 9.18. The zero-order valence-electron chi connectivity index (χ0n) is 14.7. The van der Waals surface area contributed by atoms with Gasteiger partial charge in [-0.2, -0.15) is 0 Å². The van der Waals surface area contributed by atoms with Crippen LogP contribution in [0.5, 0.6) is 0 Å². The van der Waals surface area contributed by atoms with Gasteiger partial charge in [-0.05, 0) is 49.3 Å². The quantitative estimate of drug-likeness (QED) is 0.879. The summed E-state index contributed by atoms with van der Waals surface area (Å²) in [5.74, 6) is -0.869. The third kappa shape index (κ3) is 3.84. The zero-order chi connectivity index (χ0) is 18.0. The Morgan fingerprint density at radius 1 is 1.32 bits per heavy atom. The summed E-state index contributed by atoms with van der Waals surface area (Å²) in [6.07, 6.45) is 5.24. The second kappa shape index (κ2) is 7.36. The lowest BCUT2D eigenvalue weighted by atomic mass is 9.77. The number of piperidine rings is 1. The van der Waals surface area contributed by atoms with Gasteiger partial charge in [-0.1, -0.05) is 43.5 Å². The van der Waals surface area contributed by atoms with Crippen molar-refractivity contribution >= 4 is 23.5 Å². The molecule has 1 aromatic rings. The van der Waals surface area contributed by atoms with Gasteiger partial charge < -0.3 is 10.0 Å². The Kier molecular flexibility index (Phi) is 5.38. The Morgan fingerprint density at radius 3 is 2.64 bits per heavy atom. The molecule has 1 saturated heterocycles.